The van der Waals surface area contributed by atoms with Gasteiger partial charge < -0.3 is 0 Å². The highest BCUT2D eigenvalue weighted by Crippen LogP contribution is 2.31. The number of benzene rings is 1. The lowest BCUT2D eigenvalue weighted by molar-refractivity contribution is 0.588. The van der Waals surface area contributed by atoms with E-state index in [1.165, 1.54) is 18.4 Å². The lowest BCUT2D eigenvalue weighted by atomic mass is 9.85. The molecule has 0 fully saturated rings. The topological polar surface area (TPSA) is 0 Å². The lowest BCUT2D eigenvalue weighted by Gasteiger charge is -2.19. The van der Waals surface area contributed by atoms with Crippen molar-refractivity contribution in [1.82, 2.24) is 0 Å². The standard InChI is InChI=1S/C14H20/c1-10-7-11-5-6-13(14(2,3)4)9-12(11)8-10/h5-6,9-10H,7-8H2,1-4H3. The van der Waals surface area contributed by atoms with Gasteiger partial charge in [0.2, 0.25) is 0 Å². The van der Waals surface area contributed by atoms with Crippen molar-refractivity contribution >= 4 is 0 Å². The van der Waals surface area contributed by atoms with Gasteiger partial charge in [0.1, 0.15) is 0 Å². The first-order chi connectivity index (χ1) is 6.47. The highest BCUT2D eigenvalue weighted by atomic mass is 14.3. The molecule has 0 aliphatic heterocycles. The molecule has 1 aromatic carbocycles. The summed E-state index contributed by atoms with van der Waals surface area (Å²) in [5.41, 5.74) is 4.93. The van der Waals surface area contributed by atoms with Crippen LogP contribution in [0.3, 0.4) is 0 Å². The zero-order valence-electron chi connectivity index (χ0n) is 9.72. The third-order valence-electron chi connectivity index (χ3n) is 3.21. The van der Waals surface area contributed by atoms with Crippen LogP contribution < -0.4 is 0 Å². The Kier molecular flexibility index (Phi) is 2.17. The molecule has 0 nitrogen and oxygen atoms in total. The maximum atomic E-state index is 2.42. The highest BCUT2D eigenvalue weighted by molar-refractivity contribution is 5.38. The number of fused-ring (bicyclic) bond motifs is 1. The van der Waals surface area contributed by atoms with E-state index in [0.717, 1.165) is 5.92 Å². The number of rotatable bonds is 0. The molecule has 14 heavy (non-hydrogen) atoms. The van der Waals surface area contributed by atoms with Gasteiger partial charge in [-0.2, -0.15) is 0 Å². The molecule has 1 atom stereocenters. The minimum absolute atomic E-state index is 0.293. The Bertz CT molecular complexity index is 342. The van der Waals surface area contributed by atoms with E-state index in [0.29, 0.717) is 5.41 Å². The number of hydrogen-bond acceptors (Lipinski definition) is 0. The quantitative estimate of drug-likeness (QED) is 0.582. The number of hydrogen-bond donors (Lipinski definition) is 0. The minimum Gasteiger partial charge on any atom is -0.0619 e. The van der Waals surface area contributed by atoms with Crippen LogP contribution in [0.1, 0.15) is 44.4 Å². The molecule has 0 N–H and O–H groups in total. The van der Waals surface area contributed by atoms with Crippen LogP contribution >= 0.6 is 0 Å². The van der Waals surface area contributed by atoms with Crippen molar-refractivity contribution in [3.63, 3.8) is 0 Å². The van der Waals surface area contributed by atoms with Gasteiger partial charge in [-0.15, -0.1) is 0 Å². The van der Waals surface area contributed by atoms with Gasteiger partial charge >= 0.3 is 0 Å². The maximum absolute atomic E-state index is 2.42. The molecule has 0 aromatic heterocycles. The van der Waals surface area contributed by atoms with Crippen molar-refractivity contribution in [1.29, 1.82) is 0 Å². The fourth-order valence-electron chi connectivity index (χ4n) is 2.30. The average Bonchev–Trinajstić information content (AvgIpc) is 2.41. The van der Waals surface area contributed by atoms with E-state index in [1.54, 1.807) is 11.1 Å². The van der Waals surface area contributed by atoms with Gasteiger partial charge in [-0.25, -0.2) is 0 Å². The second-order valence-electron chi connectivity index (χ2n) is 5.75. The first kappa shape index (κ1) is 9.76. The summed E-state index contributed by atoms with van der Waals surface area (Å²) in [7, 11) is 0. The Labute approximate surface area is 87.3 Å². The van der Waals surface area contributed by atoms with E-state index in [1.807, 2.05) is 0 Å². The molecule has 0 heteroatoms. The van der Waals surface area contributed by atoms with Crippen LogP contribution in [0.25, 0.3) is 0 Å². The summed E-state index contributed by atoms with van der Waals surface area (Å²) in [4.78, 5) is 0. The third kappa shape index (κ3) is 1.70. The Morgan fingerprint density at radius 1 is 1.07 bits per heavy atom. The van der Waals surface area contributed by atoms with Gasteiger partial charge in [0.25, 0.3) is 0 Å². The van der Waals surface area contributed by atoms with Crippen LogP contribution in [0.5, 0.6) is 0 Å². The van der Waals surface area contributed by atoms with Crippen molar-refractivity contribution in [2.45, 2.75) is 46.0 Å². The SMILES string of the molecule is CC1Cc2ccc(C(C)(C)C)cc2C1. The zero-order valence-corrected chi connectivity index (χ0v) is 9.72. The molecule has 0 amide bonds. The molecule has 2 rings (SSSR count). The second-order valence-corrected chi connectivity index (χ2v) is 5.75. The Morgan fingerprint density at radius 3 is 2.36 bits per heavy atom. The van der Waals surface area contributed by atoms with E-state index in [9.17, 15) is 0 Å². The van der Waals surface area contributed by atoms with Crippen LogP contribution in [0.2, 0.25) is 0 Å². The third-order valence-corrected chi connectivity index (χ3v) is 3.21. The molecular formula is C14H20. The van der Waals surface area contributed by atoms with Crippen molar-refractivity contribution in [2.24, 2.45) is 5.92 Å². The average molecular weight is 188 g/mol. The molecule has 76 valence electrons. The smallest absolute Gasteiger partial charge is 0.0132 e. The molecular weight excluding hydrogens is 168 g/mol. The van der Waals surface area contributed by atoms with Gasteiger partial charge in [-0.1, -0.05) is 45.9 Å². The van der Waals surface area contributed by atoms with Crippen LogP contribution in [0.4, 0.5) is 0 Å². The summed E-state index contributed by atoms with van der Waals surface area (Å²) < 4.78 is 0. The monoisotopic (exact) mass is 188 g/mol. The molecule has 0 spiro atoms. The molecule has 1 unspecified atom stereocenters. The molecule has 0 saturated heterocycles. The fourth-order valence-corrected chi connectivity index (χ4v) is 2.30. The minimum atomic E-state index is 0.293. The Balaban J connectivity index is 2.38. The van der Waals surface area contributed by atoms with Gasteiger partial charge in [-0.3, -0.25) is 0 Å². The molecule has 0 radical (unpaired) electrons. The molecule has 1 aliphatic rings. The van der Waals surface area contributed by atoms with Crippen molar-refractivity contribution in [2.75, 3.05) is 0 Å². The molecule has 1 aromatic rings. The lowest BCUT2D eigenvalue weighted by Crippen LogP contribution is -2.11. The van der Waals surface area contributed by atoms with Crippen LogP contribution in [-0.4, -0.2) is 0 Å². The van der Waals surface area contributed by atoms with Gasteiger partial charge in [0.15, 0.2) is 0 Å². The van der Waals surface area contributed by atoms with Crippen LogP contribution in [0.15, 0.2) is 18.2 Å². The summed E-state index contributed by atoms with van der Waals surface area (Å²) >= 11 is 0. The Morgan fingerprint density at radius 2 is 1.71 bits per heavy atom. The summed E-state index contributed by atoms with van der Waals surface area (Å²) in [6.07, 6.45) is 2.55. The van der Waals surface area contributed by atoms with Gasteiger partial charge in [-0.05, 0) is 40.9 Å². The van der Waals surface area contributed by atoms with Gasteiger partial charge in [0, 0.05) is 0 Å². The first-order valence-corrected chi connectivity index (χ1v) is 5.59. The second kappa shape index (κ2) is 3.12. The largest absolute Gasteiger partial charge is 0.0619 e. The molecule has 0 saturated carbocycles. The molecule has 0 bridgehead atoms. The van der Waals surface area contributed by atoms with E-state index in [4.69, 9.17) is 0 Å². The predicted octanol–water partition coefficient (Wildman–Crippen LogP) is 3.72. The van der Waals surface area contributed by atoms with Crippen molar-refractivity contribution < 1.29 is 0 Å². The molecule has 0 heterocycles. The van der Waals surface area contributed by atoms with E-state index in [2.05, 4.69) is 45.9 Å². The maximum Gasteiger partial charge on any atom is -0.0132 e. The summed E-state index contributed by atoms with van der Waals surface area (Å²) in [5, 5.41) is 0. The highest BCUT2D eigenvalue weighted by Gasteiger charge is 2.20. The summed E-state index contributed by atoms with van der Waals surface area (Å²) in [5.74, 6) is 0.847. The Hall–Kier alpha value is -0.780. The van der Waals surface area contributed by atoms with Crippen LogP contribution in [0, 0.1) is 5.92 Å². The predicted molar refractivity (Wildman–Crippen MR) is 61.7 cm³/mol. The van der Waals surface area contributed by atoms with Gasteiger partial charge in [0.05, 0.1) is 0 Å². The summed E-state index contributed by atoms with van der Waals surface area (Å²) in [6, 6.07) is 7.05. The summed E-state index contributed by atoms with van der Waals surface area (Å²) in [6.45, 7) is 9.20. The van der Waals surface area contributed by atoms with E-state index >= 15 is 0 Å². The van der Waals surface area contributed by atoms with Crippen LogP contribution in [-0.2, 0) is 18.3 Å². The van der Waals surface area contributed by atoms with Crippen molar-refractivity contribution in [3.8, 4) is 0 Å². The van der Waals surface area contributed by atoms with Crippen molar-refractivity contribution in [3.05, 3.63) is 34.9 Å². The van der Waals surface area contributed by atoms with E-state index < -0.39 is 0 Å². The first-order valence-electron chi connectivity index (χ1n) is 5.59. The van der Waals surface area contributed by atoms with E-state index in [-0.39, 0.29) is 0 Å². The zero-order chi connectivity index (χ0) is 10.3. The molecule has 1 aliphatic carbocycles. The normalized spacial score (nSPS) is 21.0. The fraction of sp³-hybridized carbons (Fsp3) is 0.571.